The topological polar surface area (TPSA) is 90.7 Å². The van der Waals surface area contributed by atoms with E-state index in [4.69, 9.17) is 9.57 Å². The van der Waals surface area contributed by atoms with Crippen LogP contribution in [0.5, 0.6) is 0 Å². The Morgan fingerprint density at radius 2 is 2.31 bits per heavy atom. The van der Waals surface area contributed by atoms with Gasteiger partial charge in [-0.15, -0.1) is 0 Å². The fourth-order valence-electron chi connectivity index (χ4n) is 0.840. The van der Waals surface area contributed by atoms with Gasteiger partial charge >= 0.3 is 5.00 Å². The van der Waals surface area contributed by atoms with E-state index in [-0.39, 0.29) is 16.5 Å². The number of nitrogens with one attached hydrogen (secondary N) is 1. The standard InChI is InChI=1S/C8H10N2O5S/c1-14-4-5-15-9-8(11)6-2-3-7(16-6)10(12)13/h2-3H,4-5H2,1H3,(H,9,11). The number of rotatable bonds is 6. The maximum atomic E-state index is 11.4. The van der Waals surface area contributed by atoms with E-state index in [0.29, 0.717) is 6.61 Å². The summed E-state index contributed by atoms with van der Waals surface area (Å²) in [6.45, 7) is 0.570. The van der Waals surface area contributed by atoms with Gasteiger partial charge in [0.05, 0.1) is 18.1 Å². The smallest absolute Gasteiger partial charge is 0.324 e. The molecule has 7 nitrogen and oxygen atoms in total. The number of nitrogens with zero attached hydrogens (tertiary/aromatic N) is 1. The number of methoxy groups -OCH3 is 1. The van der Waals surface area contributed by atoms with Gasteiger partial charge in [-0.2, -0.15) is 0 Å². The van der Waals surface area contributed by atoms with E-state index < -0.39 is 10.8 Å². The van der Waals surface area contributed by atoms with Crippen molar-refractivity contribution < 1.29 is 19.3 Å². The Hall–Kier alpha value is -1.51. The van der Waals surface area contributed by atoms with Gasteiger partial charge in [-0.3, -0.25) is 19.7 Å². The van der Waals surface area contributed by atoms with E-state index in [2.05, 4.69) is 5.48 Å². The lowest BCUT2D eigenvalue weighted by molar-refractivity contribution is -0.380. The molecule has 0 saturated heterocycles. The van der Waals surface area contributed by atoms with E-state index in [1.54, 1.807) is 0 Å². The highest BCUT2D eigenvalue weighted by Gasteiger charge is 2.14. The minimum Gasteiger partial charge on any atom is -0.382 e. The Morgan fingerprint density at radius 1 is 1.56 bits per heavy atom. The summed E-state index contributed by atoms with van der Waals surface area (Å²) in [6, 6.07) is 2.65. The van der Waals surface area contributed by atoms with Crippen molar-refractivity contribution in [3.63, 3.8) is 0 Å². The first-order valence-corrected chi connectivity index (χ1v) is 5.12. The van der Waals surface area contributed by atoms with Crippen molar-refractivity contribution in [2.24, 2.45) is 0 Å². The van der Waals surface area contributed by atoms with Gasteiger partial charge in [-0.1, -0.05) is 11.3 Å². The summed E-state index contributed by atoms with van der Waals surface area (Å²) in [5, 5.41) is 10.3. The zero-order valence-electron chi connectivity index (χ0n) is 8.47. The van der Waals surface area contributed by atoms with Gasteiger partial charge in [-0.05, 0) is 6.07 Å². The number of hydrogen-bond donors (Lipinski definition) is 1. The van der Waals surface area contributed by atoms with Crippen molar-refractivity contribution in [3.8, 4) is 0 Å². The Kier molecular flexibility index (Phi) is 4.83. The zero-order valence-corrected chi connectivity index (χ0v) is 9.28. The van der Waals surface area contributed by atoms with E-state index in [1.165, 1.54) is 19.2 Å². The fourth-order valence-corrected chi connectivity index (χ4v) is 1.55. The number of nitro groups is 1. The van der Waals surface area contributed by atoms with Crippen LogP contribution in [0.25, 0.3) is 0 Å². The van der Waals surface area contributed by atoms with Crippen LogP contribution in [0.15, 0.2) is 12.1 Å². The Bertz CT molecular complexity index is 378. The molecule has 1 aromatic heterocycles. The summed E-state index contributed by atoms with van der Waals surface area (Å²) in [5.41, 5.74) is 2.15. The molecule has 0 aromatic carbocycles. The van der Waals surface area contributed by atoms with Crippen LogP contribution in [0.2, 0.25) is 0 Å². The average Bonchev–Trinajstić information content (AvgIpc) is 2.73. The van der Waals surface area contributed by atoms with Crippen LogP contribution in [0.1, 0.15) is 9.67 Å². The minimum atomic E-state index is -0.548. The van der Waals surface area contributed by atoms with E-state index in [9.17, 15) is 14.9 Å². The van der Waals surface area contributed by atoms with E-state index >= 15 is 0 Å². The third-order valence-electron chi connectivity index (χ3n) is 1.55. The molecule has 1 amide bonds. The van der Waals surface area contributed by atoms with Gasteiger partial charge < -0.3 is 4.74 Å². The monoisotopic (exact) mass is 246 g/mol. The van der Waals surface area contributed by atoms with Gasteiger partial charge in [0.25, 0.3) is 5.91 Å². The van der Waals surface area contributed by atoms with Crippen molar-refractivity contribution >= 4 is 22.2 Å². The molecular formula is C8H10N2O5S. The van der Waals surface area contributed by atoms with E-state index in [1.807, 2.05) is 0 Å². The summed E-state index contributed by atoms with van der Waals surface area (Å²) in [6.07, 6.45) is 0. The van der Waals surface area contributed by atoms with Crippen molar-refractivity contribution in [2.45, 2.75) is 0 Å². The van der Waals surface area contributed by atoms with Crippen LogP contribution in [0.4, 0.5) is 5.00 Å². The van der Waals surface area contributed by atoms with Crippen molar-refractivity contribution in [3.05, 3.63) is 27.1 Å². The quantitative estimate of drug-likeness (QED) is 0.458. The Labute approximate surface area is 95.1 Å². The van der Waals surface area contributed by atoms with Crippen molar-refractivity contribution in [1.29, 1.82) is 0 Å². The number of hydroxylamine groups is 1. The summed E-state index contributed by atoms with van der Waals surface area (Å²) >= 11 is 0.791. The Morgan fingerprint density at radius 3 is 2.88 bits per heavy atom. The molecule has 0 aliphatic rings. The first kappa shape index (κ1) is 12.6. The maximum absolute atomic E-state index is 11.4. The number of thiophene rings is 1. The molecule has 0 unspecified atom stereocenters. The molecule has 0 radical (unpaired) electrons. The van der Waals surface area contributed by atoms with Gasteiger partial charge in [0, 0.05) is 13.2 Å². The van der Waals surface area contributed by atoms with Crippen molar-refractivity contribution in [2.75, 3.05) is 20.3 Å². The molecule has 1 rings (SSSR count). The highest BCUT2D eigenvalue weighted by atomic mass is 32.1. The van der Waals surface area contributed by atoms with Gasteiger partial charge in [0.2, 0.25) is 0 Å². The Balaban J connectivity index is 2.43. The predicted molar refractivity (Wildman–Crippen MR) is 56.3 cm³/mol. The molecule has 1 N–H and O–H groups in total. The van der Waals surface area contributed by atoms with Crippen LogP contribution in [-0.2, 0) is 9.57 Å². The molecule has 0 saturated carbocycles. The van der Waals surface area contributed by atoms with Crippen LogP contribution in [0, 0.1) is 10.1 Å². The minimum absolute atomic E-state index is 0.0814. The SMILES string of the molecule is COCCONC(=O)c1ccc([N+](=O)[O-])s1. The maximum Gasteiger partial charge on any atom is 0.324 e. The van der Waals surface area contributed by atoms with Crippen LogP contribution in [-0.4, -0.2) is 31.2 Å². The number of carbonyl (C=O) groups is 1. The summed E-state index contributed by atoms with van der Waals surface area (Å²) in [4.78, 5) is 26.2. The molecular weight excluding hydrogens is 236 g/mol. The molecule has 0 aliphatic heterocycles. The molecule has 0 atom stereocenters. The van der Waals surface area contributed by atoms with E-state index in [0.717, 1.165) is 11.3 Å². The summed E-state index contributed by atoms with van der Waals surface area (Å²) in [7, 11) is 1.51. The molecule has 1 aromatic rings. The fraction of sp³-hybridized carbons (Fsp3) is 0.375. The van der Waals surface area contributed by atoms with Gasteiger partial charge in [0.1, 0.15) is 4.88 Å². The molecule has 16 heavy (non-hydrogen) atoms. The number of hydrogen-bond acceptors (Lipinski definition) is 6. The second kappa shape index (κ2) is 6.16. The molecule has 1 heterocycles. The first-order chi connectivity index (χ1) is 7.65. The van der Waals surface area contributed by atoms with Crippen LogP contribution in [0.3, 0.4) is 0 Å². The lowest BCUT2D eigenvalue weighted by atomic mass is 10.4. The predicted octanol–water partition coefficient (Wildman–Crippen LogP) is 0.964. The lowest BCUT2D eigenvalue weighted by Gasteiger charge is -2.02. The molecule has 0 spiro atoms. The number of amides is 1. The number of carbonyl (C=O) groups excluding carboxylic acids is 1. The van der Waals surface area contributed by atoms with Crippen LogP contribution >= 0.6 is 11.3 Å². The second-order valence-electron chi connectivity index (χ2n) is 2.67. The average molecular weight is 246 g/mol. The molecule has 0 aliphatic carbocycles. The summed E-state index contributed by atoms with van der Waals surface area (Å²) < 4.78 is 4.70. The molecule has 0 bridgehead atoms. The summed E-state index contributed by atoms with van der Waals surface area (Å²) in [5.74, 6) is -0.505. The third-order valence-corrected chi connectivity index (χ3v) is 2.59. The molecule has 0 fully saturated rings. The number of ether oxygens (including phenoxy) is 1. The highest BCUT2D eigenvalue weighted by molar-refractivity contribution is 7.17. The van der Waals surface area contributed by atoms with Crippen LogP contribution < -0.4 is 5.48 Å². The largest absolute Gasteiger partial charge is 0.382 e. The molecule has 8 heteroatoms. The van der Waals surface area contributed by atoms with Gasteiger partial charge in [0.15, 0.2) is 0 Å². The second-order valence-corrected chi connectivity index (χ2v) is 3.73. The highest BCUT2D eigenvalue weighted by Crippen LogP contribution is 2.23. The third kappa shape index (κ3) is 3.57. The lowest BCUT2D eigenvalue weighted by Crippen LogP contribution is -2.24. The normalized spacial score (nSPS) is 10.1. The zero-order chi connectivity index (χ0) is 12.0. The first-order valence-electron chi connectivity index (χ1n) is 4.30. The van der Waals surface area contributed by atoms with Crippen molar-refractivity contribution in [1.82, 2.24) is 5.48 Å². The van der Waals surface area contributed by atoms with Gasteiger partial charge in [-0.25, -0.2) is 5.48 Å². The molecule has 88 valence electrons.